The highest BCUT2D eigenvalue weighted by atomic mass is 35.5. The quantitative estimate of drug-likeness (QED) is 0.736. The maximum Gasteiger partial charge on any atom is 0.259 e. The second-order valence-corrected chi connectivity index (χ2v) is 5.53. The van der Waals surface area contributed by atoms with Crippen molar-refractivity contribution in [3.63, 3.8) is 0 Å². The Balaban J connectivity index is 2.09. The van der Waals surface area contributed by atoms with Gasteiger partial charge in [-0.05, 0) is 37.3 Å². The van der Waals surface area contributed by atoms with E-state index < -0.39 is 0 Å². The number of carbonyl (C=O) groups excluding carboxylic acids is 1. The summed E-state index contributed by atoms with van der Waals surface area (Å²) >= 11 is 11.9. The minimum atomic E-state index is -0.296. The lowest BCUT2D eigenvalue weighted by molar-refractivity contribution is 0.0998. The molecule has 0 aliphatic carbocycles. The van der Waals surface area contributed by atoms with Crippen LogP contribution < -0.4 is 10.1 Å². The lowest BCUT2D eigenvalue weighted by Crippen LogP contribution is -2.15. The monoisotopic (exact) mass is 353 g/mol. The Labute approximate surface area is 145 Å². The van der Waals surface area contributed by atoms with Gasteiger partial charge in [0.1, 0.15) is 12.4 Å². The number of ether oxygens (including phenoxy) is 2. The van der Waals surface area contributed by atoms with Crippen LogP contribution in [0.5, 0.6) is 5.75 Å². The van der Waals surface area contributed by atoms with Crippen LogP contribution in [0.4, 0.5) is 5.69 Å². The van der Waals surface area contributed by atoms with Gasteiger partial charge in [0, 0.05) is 22.3 Å². The molecule has 0 unspecified atom stereocenters. The van der Waals surface area contributed by atoms with Crippen molar-refractivity contribution in [3.8, 4) is 5.75 Å². The third-order valence-electron chi connectivity index (χ3n) is 2.94. The fourth-order valence-corrected chi connectivity index (χ4v) is 2.49. The highest BCUT2D eigenvalue weighted by Crippen LogP contribution is 2.24. The van der Waals surface area contributed by atoms with Crippen molar-refractivity contribution in [2.45, 2.75) is 6.92 Å². The predicted octanol–water partition coefficient (Wildman–Crippen LogP) is 4.66. The van der Waals surface area contributed by atoms with E-state index in [-0.39, 0.29) is 5.91 Å². The molecule has 1 amide bonds. The second kappa shape index (κ2) is 8.77. The molecule has 0 fully saturated rings. The molecule has 0 bridgehead atoms. The van der Waals surface area contributed by atoms with Gasteiger partial charge >= 0.3 is 0 Å². The van der Waals surface area contributed by atoms with Crippen LogP contribution in [-0.2, 0) is 4.74 Å². The number of hydrogen-bond acceptors (Lipinski definition) is 3. The van der Waals surface area contributed by atoms with Gasteiger partial charge in [0.25, 0.3) is 5.91 Å². The van der Waals surface area contributed by atoms with Gasteiger partial charge in [-0.15, -0.1) is 0 Å². The standard InChI is InChI=1S/C17H17Cl2NO3/c1-2-22-7-8-23-16-6-4-3-5-15(16)17(21)20-14-10-12(18)9-13(19)11-14/h3-6,9-11H,2,7-8H2,1H3,(H,20,21). The smallest absolute Gasteiger partial charge is 0.259 e. The van der Waals surface area contributed by atoms with Crippen molar-refractivity contribution in [2.24, 2.45) is 0 Å². The average molecular weight is 354 g/mol. The van der Waals surface area contributed by atoms with Crippen LogP contribution in [0.2, 0.25) is 10.0 Å². The summed E-state index contributed by atoms with van der Waals surface area (Å²) in [6.45, 7) is 3.38. The fraction of sp³-hybridized carbons (Fsp3) is 0.235. The van der Waals surface area contributed by atoms with Crippen molar-refractivity contribution < 1.29 is 14.3 Å². The number of rotatable bonds is 7. The molecule has 4 nitrogen and oxygen atoms in total. The van der Waals surface area contributed by atoms with Crippen LogP contribution in [0.3, 0.4) is 0 Å². The topological polar surface area (TPSA) is 47.6 Å². The van der Waals surface area contributed by atoms with E-state index in [1.54, 1.807) is 36.4 Å². The van der Waals surface area contributed by atoms with Gasteiger partial charge in [-0.25, -0.2) is 0 Å². The molecular formula is C17H17Cl2NO3. The third kappa shape index (κ3) is 5.43. The number of para-hydroxylation sites is 1. The summed E-state index contributed by atoms with van der Waals surface area (Å²) in [5.74, 6) is 0.202. The minimum absolute atomic E-state index is 0.296. The van der Waals surface area contributed by atoms with Gasteiger partial charge in [-0.3, -0.25) is 4.79 Å². The first-order valence-corrected chi connectivity index (χ1v) is 7.92. The summed E-state index contributed by atoms with van der Waals surface area (Å²) in [5.41, 5.74) is 0.955. The Morgan fingerprint density at radius 3 is 2.48 bits per heavy atom. The largest absolute Gasteiger partial charge is 0.490 e. The molecule has 6 heteroatoms. The Kier molecular flexibility index (Phi) is 6.71. The van der Waals surface area contributed by atoms with Crippen LogP contribution in [0, 0.1) is 0 Å². The van der Waals surface area contributed by atoms with Crippen LogP contribution in [0.15, 0.2) is 42.5 Å². The van der Waals surface area contributed by atoms with Crippen LogP contribution >= 0.6 is 23.2 Å². The van der Waals surface area contributed by atoms with Crippen molar-refractivity contribution in [1.29, 1.82) is 0 Å². The summed E-state index contributed by atoms with van der Waals surface area (Å²) in [6, 6.07) is 11.9. The second-order valence-electron chi connectivity index (χ2n) is 4.65. The first-order valence-electron chi connectivity index (χ1n) is 7.17. The average Bonchev–Trinajstić information content (AvgIpc) is 2.51. The summed E-state index contributed by atoms with van der Waals surface area (Å²) in [4.78, 5) is 12.4. The zero-order valence-electron chi connectivity index (χ0n) is 12.6. The molecule has 0 heterocycles. The van der Waals surface area contributed by atoms with Gasteiger partial charge < -0.3 is 14.8 Å². The third-order valence-corrected chi connectivity index (χ3v) is 3.38. The first kappa shape index (κ1) is 17.6. The molecule has 0 saturated carbocycles. The van der Waals surface area contributed by atoms with E-state index in [1.807, 2.05) is 13.0 Å². The summed E-state index contributed by atoms with van der Waals surface area (Å²) in [6.07, 6.45) is 0. The fourth-order valence-electron chi connectivity index (χ4n) is 1.96. The van der Waals surface area contributed by atoms with Gasteiger partial charge in [0.05, 0.1) is 12.2 Å². The Bertz CT molecular complexity index is 656. The van der Waals surface area contributed by atoms with Crippen molar-refractivity contribution >= 4 is 34.8 Å². The number of hydrogen-bond donors (Lipinski definition) is 1. The molecule has 0 atom stereocenters. The number of anilines is 1. The molecule has 0 aliphatic heterocycles. The number of nitrogens with one attached hydrogen (secondary N) is 1. The number of amides is 1. The van der Waals surface area contributed by atoms with Crippen LogP contribution in [0.1, 0.15) is 17.3 Å². The SMILES string of the molecule is CCOCCOc1ccccc1C(=O)Nc1cc(Cl)cc(Cl)c1. The summed E-state index contributed by atoms with van der Waals surface area (Å²) in [7, 11) is 0. The maximum atomic E-state index is 12.4. The van der Waals surface area contributed by atoms with Gasteiger partial charge in [0.15, 0.2) is 0 Å². The molecule has 0 aromatic heterocycles. The van der Waals surface area contributed by atoms with E-state index in [9.17, 15) is 4.79 Å². The zero-order chi connectivity index (χ0) is 16.7. The van der Waals surface area contributed by atoms with Crippen molar-refractivity contribution in [3.05, 3.63) is 58.1 Å². The van der Waals surface area contributed by atoms with E-state index in [4.69, 9.17) is 32.7 Å². The van der Waals surface area contributed by atoms with Crippen molar-refractivity contribution in [2.75, 3.05) is 25.1 Å². The molecule has 122 valence electrons. The lowest BCUT2D eigenvalue weighted by atomic mass is 10.2. The number of benzene rings is 2. The highest BCUT2D eigenvalue weighted by molar-refractivity contribution is 6.35. The van der Waals surface area contributed by atoms with E-state index in [0.717, 1.165) is 0 Å². The number of carbonyl (C=O) groups is 1. The highest BCUT2D eigenvalue weighted by Gasteiger charge is 2.13. The van der Waals surface area contributed by atoms with Gasteiger partial charge in [-0.1, -0.05) is 35.3 Å². The minimum Gasteiger partial charge on any atom is -0.490 e. The van der Waals surface area contributed by atoms with Crippen molar-refractivity contribution in [1.82, 2.24) is 0 Å². The zero-order valence-corrected chi connectivity index (χ0v) is 14.2. The van der Waals surface area contributed by atoms with Crippen LogP contribution in [-0.4, -0.2) is 25.7 Å². The molecule has 2 aromatic rings. The van der Waals surface area contributed by atoms with E-state index >= 15 is 0 Å². The molecular weight excluding hydrogens is 337 g/mol. The Hall–Kier alpha value is -1.75. The molecule has 0 spiro atoms. The molecule has 0 saturated heterocycles. The molecule has 2 rings (SSSR count). The van der Waals surface area contributed by atoms with Crippen LogP contribution in [0.25, 0.3) is 0 Å². The molecule has 1 N–H and O–H groups in total. The van der Waals surface area contributed by atoms with E-state index in [1.165, 1.54) is 0 Å². The van der Waals surface area contributed by atoms with E-state index in [0.29, 0.717) is 46.9 Å². The Morgan fingerprint density at radius 1 is 1.09 bits per heavy atom. The molecule has 0 radical (unpaired) electrons. The summed E-state index contributed by atoms with van der Waals surface area (Å²) in [5, 5.41) is 3.67. The van der Waals surface area contributed by atoms with E-state index in [2.05, 4.69) is 5.32 Å². The Morgan fingerprint density at radius 2 is 1.78 bits per heavy atom. The lowest BCUT2D eigenvalue weighted by Gasteiger charge is -2.12. The normalized spacial score (nSPS) is 10.4. The maximum absolute atomic E-state index is 12.4. The molecule has 0 aliphatic rings. The predicted molar refractivity (Wildman–Crippen MR) is 92.8 cm³/mol. The number of halogens is 2. The molecule has 2 aromatic carbocycles. The van der Waals surface area contributed by atoms with Gasteiger partial charge in [-0.2, -0.15) is 0 Å². The molecule has 23 heavy (non-hydrogen) atoms. The first-order chi connectivity index (χ1) is 11.1. The summed E-state index contributed by atoms with van der Waals surface area (Å²) < 4.78 is 10.8. The van der Waals surface area contributed by atoms with Gasteiger partial charge in [0.2, 0.25) is 0 Å².